The summed E-state index contributed by atoms with van der Waals surface area (Å²) < 4.78 is 14.6. The maximum Gasteiger partial charge on any atom is 0.356 e. The average Bonchev–Trinajstić information content (AvgIpc) is 2.91. The number of carboxylic acids is 1. The average molecular weight is 259 g/mol. The number of carboxylic acid groups (broad SMARTS) is 1. The molecule has 0 aliphatic carbocycles. The molecule has 3 rings (SSSR count). The quantitative estimate of drug-likeness (QED) is 0.742. The van der Waals surface area contributed by atoms with Gasteiger partial charge in [0.2, 0.25) is 0 Å². The minimum Gasteiger partial charge on any atom is -0.476 e. The number of aromatic carboxylic acids is 1. The van der Waals surface area contributed by atoms with E-state index in [-0.39, 0.29) is 11.5 Å². The molecule has 0 unspecified atom stereocenters. The molecule has 0 atom stereocenters. The van der Waals surface area contributed by atoms with Gasteiger partial charge in [0.05, 0.1) is 11.4 Å². The summed E-state index contributed by atoms with van der Waals surface area (Å²) in [6.07, 6.45) is 0. The third kappa shape index (κ3) is 1.87. The Labute approximate surface area is 107 Å². The Morgan fingerprint density at radius 2 is 2.16 bits per heavy atom. The van der Waals surface area contributed by atoms with Gasteiger partial charge in [0, 0.05) is 24.0 Å². The van der Waals surface area contributed by atoms with Gasteiger partial charge < -0.3 is 10.1 Å². The van der Waals surface area contributed by atoms with Crippen LogP contribution >= 0.6 is 0 Å². The van der Waals surface area contributed by atoms with E-state index in [1.54, 1.807) is 19.2 Å². The van der Waals surface area contributed by atoms with Crippen molar-refractivity contribution >= 4 is 16.9 Å². The predicted octanol–water partition coefficient (Wildman–Crippen LogP) is 2.41. The zero-order valence-electron chi connectivity index (χ0n) is 10.0. The van der Waals surface area contributed by atoms with Crippen LogP contribution in [0.5, 0.6) is 0 Å². The van der Waals surface area contributed by atoms with E-state index in [0.29, 0.717) is 11.4 Å². The first kappa shape index (κ1) is 11.5. The molecule has 0 spiro atoms. The normalized spacial score (nSPS) is 11.1. The third-order valence-corrected chi connectivity index (χ3v) is 2.96. The first-order valence-electron chi connectivity index (χ1n) is 5.60. The Morgan fingerprint density at radius 3 is 2.84 bits per heavy atom. The lowest BCUT2D eigenvalue weighted by Crippen LogP contribution is -1.99. The number of aryl methyl sites for hydroxylation is 1. The van der Waals surface area contributed by atoms with Crippen LogP contribution in [0, 0.1) is 5.82 Å². The van der Waals surface area contributed by atoms with E-state index in [1.807, 2.05) is 0 Å². The Hall–Kier alpha value is -2.63. The number of H-pyrrole nitrogens is 1. The highest BCUT2D eigenvalue weighted by Crippen LogP contribution is 2.25. The predicted molar refractivity (Wildman–Crippen MR) is 67.4 cm³/mol. The van der Waals surface area contributed by atoms with E-state index in [0.717, 1.165) is 10.9 Å². The molecule has 0 saturated carbocycles. The highest BCUT2D eigenvalue weighted by atomic mass is 19.1. The third-order valence-electron chi connectivity index (χ3n) is 2.96. The van der Waals surface area contributed by atoms with Crippen LogP contribution in [0.15, 0.2) is 30.3 Å². The van der Waals surface area contributed by atoms with Gasteiger partial charge in [-0.3, -0.25) is 4.68 Å². The van der Waals surface area contributed by atoms with Crippen molar-refractivity contribution in [3.63, 3.8) is 0 Å². The topological polar surface area (TPSA) is 70.9 Å². The lowest BCUT2D eigenvalue weighted by Gasteiger charge is -1.96. The molecule has 3 aromatic rings. The summed E-state index contributed by atoms with van der Waals surface area (Å²) in [6.45, 7) is 0. The van der Waals surface area contributed by atoms with Crippen molar-refractivity contribution in [2.45, 2.75) is 0 Å². The maximum absolute atomic E-state index is 13.1. The minimum absolute atomic E-state index is 0.0256. The largest absolute Gasteiger partial charge is 0.476 e. The van der Waals surface area contributed by atoms with Crippen molar-refractivity contribution < 1.29 is 14.3 Å². The van der Waals surface area contributed by atoms with Crippen LogP contribution in [-0.2, 0) is 7.05 Å². The summed E-state index contributed by atoms with van der Waals surface area (Å²) in [4.78, 5) is 14.0. The van der Waals surface area contributed by atoms with E-state index in [9.17, 15) is 9.18 Å². The SMILES string of the molecule is Cn1nc(C(=O)O)cc1-c1cc2cc(F)ccc2[nH]1. The van der Waals surface area contributed by atoms with Crippen LogP contribution in [0.3, 0.4) is 0 Å². The fraction of sp³-hybridized carbons (Fsp3) is 0.0769. The highest BCUT2D eigenvalue weighted by Gasteiger charge is 2.14. The monoisotopic (exact) mass is 259 g/mol. The molecule has 2 N–H and O–H groups in total. The van der Waals surface area contributed by atoms with Crippen molar-refractivity contribution in [1.82, 2.24) is 14.8 Å². The number of fused-ring (bicyclic) bond motifs is 1. The van der Waals surface area contributed by atoms with Crippen molar-refractivity contribution in [2.24, 2.45) is 7.05 Å². The number of carbonyl (C=O) groups is 1. The van der Waals surface area contributed by atoms with Crippen LogP contribution in [0.1, 0.15) is 10.5 Å². The number of nitrogens with zero attached hydrogens (tertiary/aromatic N) is 2. The molecule has 1 aromatic carbocycles. The Morgan fingerprint density at radius 1 is 1.37 bits per heavy atom. The summed E-state index contributed by atoms with van der Waals surface area (Å²) in [5.41, 5.74) is 2.09. The molecule has 19 heavy (non-hydrogen) atoms. The zero-order chi connectivity index (χ0) is 13.6. The molecule has 6 heteroatoms. The second-order valence-electron chi connectivity index (χ2n) is 4.26. The van der Waals surface area contributed by atoms with E-state index < -0.39 is 5.97 Å². The molecule has 0 fully saturated rings. The van der Waals surface area contributed by atoms with Crippen LogP contribution in [0.4, 0.5) is 4.39 Å². The van der Waals surface area contributed by atoms with Crippen molar-refractivity contribution in [2.75, 3.05) is 0 Å². The fourth-order valence-corrected chi connectivity index (χ4v) is 2.07. The molecule has 96 valence electrons. The smallest absolute Gasteiger partial charge is 0.356 e. The van der Waals surface area contributed by atoms with Gasteiger partial charge in [-0.15, -0.1) is 0 Å². The maximum atomic E-state index is 13.1. The number of hydrogen-bond acceptors (Lipinski definition) is 2. The van der Waals surface area contributed by atoms with E-state index >= 15 is 0 Å². The fourth-order valence-electron chi connectivity index (χ4n) is 2.07. The Balaban J connectivity index is 2.16. The first-order valence-corrected chi connectivity index (χ1v) is 5.60. The Kier molecular flexibility index (Phi) is 2.38. The second kappa shape index (κ2) is 3.94. The summed E-state index contributed by atoms with van der Waals surface area (Å²) in [5.74, 6) is -1.39. The van der Waals surface area contributed by atoms with Crippen molar-refractivity contribution in [3.8, 4) is 11.4 Å². The molecule has 0 amide bonds. The van der Waals surface area contributed by atoms with Gasteiger partial charge in [0.15, 0.2) is 5.69 Å². The van der Waals surface area contributed by atoms with Crippen molar-refractivity contribution in [3.05, 3.63) is 41.8 Å². The summed E-state index contributed by atoms with van der Waals surface area (Å²) in [6, 6.07) is 7.67. The summed E-state index contributed by atoms with van der Waals surface area (Å²) in [7, 11) is 1.66. The number of benzene rings is 1. The summed E-state index contributed by atoms with van der Waals surface area (Å²) >= 11 is 0. The number of aromatic nitrogens is 3. The van der Waals surface area contributed by atoms with Crippen LogP contribution in [0.2, 0.25) is 0 Å². The van der Waals surface area contributed by atoms with Gasteiger partial charge in [-0.1, -0.05) is 0 Å². The number of nitrogens with one attached hydrogen (secondary N) is 1. The Bertz CT molecular complexity index is 788. The van der Waals surface area contributed by atoms with Gasteiger partial charge in [-0.25, -0.2) is 9.18 Å². The molecule has 2 aromatic heterocycles. The molecule has 0 aliphatic rings. The van der Waals surface area contributed by atoms with E-state index in [4.69, 9.17) is 5.11 Å². The molecular formula is C13H10FN3O2. The number of aromatic amines is 1. The minimum atomic E-state index is -1.08. The van der Waals surface area contributed by atoms with Crippen LogP contribution in [0.25, 0.3) is 22.3 Å². The van der Waals surface area contributed by atoms with Crippen LogP contribution in [-0.4, -0.2) is 25.8 Å². The molecule has 0 saturated heterocycles. The van der Waals surface area contributed by atoms with Gasteiger partial charge in [-0.05, 0) is 24.3 Å². The molecule has 5 nitrogen and oxygen atoms in total. The molecular weight excluding hydrogens is 249 g/mol. The second-order valence-corrected chi connectivity index (χ2v) is 4.26. The van der Waals surface area contributed by atoms with Crippen molar-refractivity contribution in [1.29, 1.82) is 0 Å². The van der Waals surface area contributed by atoms with Gasteiger partial charge in [-0.2, -0.15) is 5.10 Å². The standard InChI is InChI=1S/C13H10FN3O2/c1-17-12(6-11(16-17)13(18)19)10-5-7-4-8(14)2-3-9(7)15-10/h2-6,15H,1H3,(H,18,19). The summed E-state index contributed by atoms with van der Waals surface area (Å²) in [5, 5.41) is 13.5. The zero-order valence-corrected chi connectivity index (χ0v) is 10.0. The molecule has 0 radical (unpaired) electrons. The van der Waals surface area contributed by atoms with Crippen LogP contribution < -0.4 is 0 Å². The lowest BCUT2D eigenvalue weighted by atomic mass is 10.2. The number of hydrogen-bond donors (Lipinski definition) is 2. The molecule has 2 heterocycles. The number of halogens is 1. The molecule has 0 aliphatic heterocycles. The van der Waals surface area contributed by atoms with Gasteiger partial charge >= 0.3 is 5.97 Å². The van der Waals surface area contributed by atoms with E-state index in [2.05, 4.69) is 10.1 Å². The van der Waals surface area contributed by atoms with E-state index in [1.165, 1.54) is 22.9 Å². The number of rotatable bonds is 2. The lowest BCUT2D eigenvalue weighted by molar-refractivity contribution is 0.0689. The van der Waals surface area contributed by atoms with Gasteiger partial charge in [0.25, 0.3) is 0 Å². The first-order chi connectivity index (χ1) is 9.04. The van der Waals surface area contributed by atoms with Gasteiger partial charge in [0.1, 0.15) is 5.82 Å². The molecule has 0 bridgehead atoms. The highest BCUT2D eigenvalue weighted by molar-refractivity contribution is 5.89.